The van der Waals surface area contributed by atoms with Crippen LogP contribution in [-0.4, -0.2) is 31.1 Å². The first-order valence-corrected chi connectivity index (χ1v) is 11.7. The van der Waals surface area contributed by atoms with Gasteiger partial charge in [0.25, 0.3) is 0 Å². The van der Waals surface area contributed by atoms with Crippen LogP contribution in [0, 0.1) is 6.92 Å². The molecule has 35 heavy (non-hydrogen) atoms. The molecule has 5 rings (SSSR count). The predicted molar refractivity (Wildman–Crippen MR) is 137 cm³/mol. The number of nitrogens with zero attached hydrogens (tertiary/aromatic N) is 2. The van der Waals surface area contributed by atoms with Crippen LogP contribution in [0.25, 0.3) is 17.0 Å². The Morgan fingerprint density at radius 1 is 0.914 bits per heavy atom. The predicted octanol–water partition coefficient (Wildman–Crippen LogP) is 6.06. The average molecular weight is 483 g/mol. The molecule has 1 aromatic heterocycles. The highest BCUT2D eigenvalue weighted by atomic mass is 32.2. The number of fused-ring (bicyclic) bond motifs is 1. The summed E-state index contributed by atoms with van der Waals surface area (Å²) < 4.78 is 16.1. The molecule has 174 valence electrons. The molecule has 1 aliphatic rings. The van der Waals surface area contributed by atoms with Crippen molar-refractivity contribution in [1.82, 2.24) is 4.98 Å². The second kappa shape index (κ2) is 9.64. The van der Waals surface area contributed by atoms with Crippen molar-refractivity contribution in [3.63, 3.8) is 0 Å². The summed E-state index contributed by atoms with van der Waals surface area (Å²) in [6.45, 7) is 2.04. The molecule has 4 aromatic rings. The van der Waals surface area contributed by atoms with E-state index in [1.54, 1.807) is 38.5 Å². The number of aryl methyl sites for hydroxylation is 1. The van der Waals surface area contributed by atoms with Gasteiger partial charge in [0.2, 0.25) is 5.90 Å². The molecule has 0 radical (unpaired) electrons. The topological polar surface area (TPSA) is 70.0 Å². The molecule has 0 N–H and O–H groups in total. The smallest absolute Gasteiger partial charge is 0.363 e. The van der Waals surface area contributed by atoms with Crippen LogP contribution >= 0.6 is 11.8 Å². The summed E-state index contributed by atoms with van der Waals surface area (Å²) in [6, 6.07) is 23.4. The van der Waals surface area contributed by atoms with Crippen LogP contribution in [0.5, 0.6) is 11.5 Å². The number of rotatable bonds is 6. The van der Waals surface area contributed by atoms with Crippen LogP contribution in [0.15, 0.2) is 93.4 Å². The third-order valence-corrected chi connectivity index (χ3v) is 6.50. The molecule has 0 spiro atoms. The zero-order valence-electron chi connectivity index (χ0n) is 19.4. The van der Waals surface area contributed by atoms with E-state index >= 15 is 0 Å². The molecular formula is C28H22N2O4S. The monoisotopic (exact) mass is 482 g/mol. The number of ether oxygens (including phenoxy) is 3. The Hall–Kier alpha value is -4.10. The van der Waals surface area contributed by atoms with Crippen molar-refractivity contribution < 1.29 is 19.0 Å². The zero-order valence-corrected chi connectivity index (χ0v) is 20.3. The molecule has 7 heteroatoms. The number of benzene rings is 3. The lowest BCUT2D eigenvalue weighted by atomic mass is 10.1. The van der Waals surface area contributed by atoms with Gasteiger partial charge >= 0.3 is 5.97 Å². The summed E-state index contributed by atoms with van der Waals surface area (Å²) >= 11 is 1.54. The molecule has 0 saturated heterocycles. The Morgan fingerprint density at radius 3 is 2.49 bits per heavy atom. The molecule has 0 amide bonds. The molecule has 1 aliphatic heterocycles. The second-order valence-electron chi connectivity index (χ2n) is 7.90. The Bertz CT molecular complexity index is 1500. The van der Waals surface area contributed by atoms with Crippen molar-refractivity contribution in [1.29, 1.82) is 0 Å². The number of pyridine rings is 1. The van der Waals surface area contributed by atoms with Crippen LogP contribution in [-0.2, 0) is 9.53 Å². The summed E-state index contributed by atoms with van der Waals surface area (Å²) in [5.74, 6) is 0.798. The number of aromatic nitrogens is 1. The number of hydrogen-bond donors (Lipinski definition) is 0. The van der Waals surface area contributed by atoms with E-state index < -0.39 is 5.97 Å². The van der Waals surface area contributed by atoms with Crippen LogP contribution in [0.1, 0.15) is 16.7 Å². The molecular weight excluding hydrogens is 460 g/mol. The number of carbonyl (C=O) groups excluding carboxylic acids is 1. The number of hydrogen-bond acceptors (Lipinski definition) is 7. The highest BCUT2D eigenvalue weighted by Crippen LogP contribution is 2.34. The van der Waals surface area contributed by atoms with Crippen molar-refractivity contribution in [3.8, 4) is 11.5 Å². The van der Waals surface area contributed by atoms with E-state index in [4.69, 9.17) is 19.2 Å². The highest BCUT2D eigenvalue weighted by molar-refractivity contribution is 7.99. The molecule has 0 atom stereocenters. The minimum atomic E-state index is -0.519. The largest absolute Gasteiger partial charge is 0.493 e. The highest BCUT2D eigenvalue weighted by Gasteiger charge is 2.25. The van der Waals surface area contributed by atoms with E-state index in [1.165, 1.54) is 11.8 Å². The maximum atomic E-state index is 12.7. The van der Waals surface area contributed by atoms with E-state index in [0.717, 1.165) is 32.0 Å². The van der Waals surface area contributed by atoms with Crippen molar-refractivity contribution in [2.45, 2.75) is 16.8 Å². The van der Waals surface area contributed by atoms with E-state index in [-0.39, 0.29) is 11.6 Å². The van der Waals surface area contributed by atoms with Crippen molar-refractivity contribution in [2.24, 2.45) is 4.99 Å². The van der Waals surface area contributed by atoms with Crippen LogP contribution in [0.4, 0.5) is 0 Å². The van der Waals surface area contributed by atoms with Gasteiger partial charge < -0.3 is 14.2 Å². The number of methoxy groups -OCH3 is 2. The van der Waals surface area contributed by atoms with Gasteiger partial charge in [-0.3, -0.25) is 0 Å². The summed E-state index contributed by atoms with van der Waals surface area (Å²) in [5.41, 5.74) is 3.65. The normalized spacial score (nSPS) is 14.2. The lowest BCUT2D eigenvalue weighted by Gasteiger charge is -2.08. The molecule has 0 unspecified atom stereocenters. The van der Waals surface area contributed by atoms with Gasteiger partial charge in [0.15, 0.2) is 17.2 Å². The van der Waals surface area contributed by atoms with Gasteiger partial charge in [0, 0.05) is 21.4 Å². The minimum absolute atomic E-state index is 0.206. The summed E-state index contributed by atoms with van der Waals surface area (Å²) in [5, 5.41) is 1.76. The standard InChI is InChI=1S/C28H22N2O4S/c1-17-9-10-18-14-20(27(30-22(18)13-17)35-21-7-5-4-6-8-21)15-23-28(31)34-26(29-23)19-11-12-24(32-2)25(16-19)33-3/h4-16H,1-3H3/b23-15+. The number of aliphatic imine (C=N–C) groups is 1. The molecule has 6 nitrogen and oxygen atoms in total. The third kappa shape index (κ3) is 4.76. The maximum absolute atomic E-state index is 12.7. The SMILES string of the molecule is COc1ccc(C2=N/C(=C/c3cc4ccc(C)cc4nc3Sc3ccccc3)C(=O)O2)cc1OC. The fourth-order valence-corrected chi connectivity index (χ4v) is 4.61. The van der Waals surface area contributed by atoms with E-state index in [2.05, 4.69) is 11.1 Å². The maximum Gasteiger partial charge on any atom is 0.363 e. The fraction of sp³-hybridized carbons (Fsp3) is 0.107. The molecule has 2 heterocycles. The summed E-state index contributed by atoms with van der Waals surface area (Å²) in [7, 11) is 3.12. The van der Waals surface area contributed by atoms with Crippen molar-refractivity contribution in [2.75, 3.05) is 14.2 Å². The molecule has 0 aliphatic carbocycles. The molecule has 0 saturated carbocycles. The third-order valence-electron chi connectivity index (χ3n) is 5.47. The fourth-order valence-electron chi connectivity index (χ4n) is 3.71. The molecule has 0 fully saturated rings. The minimum Gasteiger partial charge on any atom is -0.493 e. The quantitative estimate of drug-likeness (QED) is 0.246. The number of carbonyl (C=O) groups is 1. The lowest BCUT2D eigenvalue weighted by Crippen LogP contribution is -2.06. The van der Waals surface area contributed by atoms with Crippen molar-refractivity contribution >= 4 is 40.6 Å². The van der Waals surface area contributed by atoms with E-state index in [1.807, 2.05) is 55.5 Å². The average Bonchev–Trinajstić information content (AvgIpc) is 3.24. The summed E-state index contributed by atoms with van der Waals surface area (Å²) in [4.78, 5) is 23.2. The lowest BCUT2D eigenvalue weighted by molar-refractivity contribution is -0.129. The van der Waals surface area contributed by atoms with Gasteiger partial charge in [0.05, 0.1) is 19.7 Å². The van der Waals surface area contributed by atoms with Crippen LogP contribution in [0.2, 0.25) is 0 Å². The van der Waals surface area contributed by atoms with Gasteiger partial charge in [0.1, 0.15) is 5.03 Å². The van der Waals surface area contributed by atoms with E-state index in [0.29, 0.717) is 17.1 Å². The number of cyclic esters (lactones) is 1. The Balaban J connectivity index is 1.57. The Morgan fingerprint density at radius 2 is 1.71 bits per heavy atom. The van der Waals surface area contributed by atoms with Gasteiger partial charge in [-0.2, -0.15) is 0 Å². The van der Waals surface area contributed by atoms with Crippen LogP contribution < -0.4 is 9.47 Å². The first kappa shape index (κ1) is 22.7. The van der Waals surface area contributed by atoms with Crippen molar-refractivity contribution in [3.05, 3.63) is 95.2 Å². The first-order valence-electron chi connectivity index (χ1n) is 10.9. The van der Waals surface area contributed by atoms with Gasteiger partial charge in [-0.15, -0.1) is 0 Å². The second-order valence-corrected chi connectivity index (χ2v) is 8.96. The van der Waals surface area contributed by atoms with E-state index in [9.17, 15) is 4.79 Å². The van der Waals surface area contributed by atoms with Gasteiger partial charge in [-0.1, -0.05) is 42.1 Å². The van der Waals surface area contributed by atoms with Gasteiger partial charge in [-0.25, -0.2) is 14.8 Å². The zero-order chi connectivity index (χ0) is 24.4. The Labute approximate surface area is 207 Å². The first-order chi connectivity index (χ1) is 17.0. The molecule has 0 bridgehead atoms. The number of esters is 1. The van der Waals surface area contributed by atoms with Crippen LogP contribution in [0.3, 0.4) is 0 Å². The Kier molecular flexibility index (Phi) is 6.25. The van der Waals surface area contributed by atoms with Gasteiger partial charge in [-0.05, 0) is 61.0 Å². The molecule has 3 aromatic carbocycles. The summed E-state index contributed by atoms with van der Waals surface area (Å²) in [6.07, 6.45) is 1.73.